The molecule has 1 N–H and O–H groups in total. The molecule has 1 amide bonds. The lowest BCUT2D eigenvalue weighted by atomic mass is 10.2. The summed E-state index contributed by atoms with van der Waals surface area (Å²) in [7, 11) is -3.50. The Morgan fingerprint density at radius 2 is 1.84 bits per heavy atom. The fourth-order valence-electron chi connectivity index (χ4n) is 3.64. The van der Waals surface area contributed by atoms with Gasteiger partial charge in [-0.05, 0) is 61.2 Å². The van der Waals surface area contributed by atoms with Gasteiger partial charge in [0.25, 0.3) is 5.91 Å². The second-order valence-electron chi connectivity index (χ2n) is 7.65. The number of carbonyl (C=O) groups excluding carboxylic acids is 1. The van der Waals surface area contributed by atoms with Crippen molar-refractivity contribution in [2.45, 2.75) is 37.6 Å². The highest BCUT2D eigenvalue weighted by Crippen LogP contribution is 2.32. The van der Waals surface area contributed by atoms with Crippen molar-refractivity contribution in [3.63, 3.8) is 0 Å². The largest absolute Gasteiger partial charge is 0.484 e. The predicted octanol–water partition coefficient (Wildman–Crippen LogP) is 2.59. The van der Waals surface area contributed by atoms with Gasteiger partial charge in [0.2, 0.25) is 16.8 Å². The Labute approximate surface area is 182 Å². The molecule has 0 bridgehead atoms. The average Bonchev–Trinajstić information content (AvgIpc) is 3.25. The monoisotopic (exact) mass is 446 g/mol. The van der Waals surface area contributed by atoms with Gasteiger partial charge in [0.1, 0.15) is 5.75 Å². The van der Waals surface area contributed by atoms with Crippen molar-refractivity contribution in [2.75, 3.05) is 26.5 Å². The van der Waals surface area contributed by atoms with E-state index in [2.05, 4.69) is 5.32 Å². The number of benzene rings is 2. The third-order valence-electron chi connectivity index (χ3n) is 5.38. The van der Waals surface area contributed by atoms with Crippen LogP contribution in [0, 0.1) is 6.92 Å². The zero-order valence-electron chi connectivity index (χ0n) is 17.4. The summed E-state index contributed by atoms with van der Waals surface area (Å²) in [6, 6.07) is 10.2. The number of amides is 1. The molecule has 0 unspecified atom stereocenters. The van der Waals surface area contributed by atoms with Crippen LogP contribution in [0.1, 0.15) is 30.4 Å². The normalized spacial score (nSPS) is 16.2. The van der Waals surface area contributed by atoms with Crippen LogP contribution in [0.4, 0.5) is 0 Å². The Kier molecular flexibility index (Phi) is 6.33. The Hall–Kier alpha value is -2.78. The molecule has 0 saturated carbocycles. The van der Waals surface area contributed by atoms with Crippen LogP contribution < -0.4 is 19.5 Å². The molecule has 31 heavy (non-hydrogen) atoms. The summed E-state index contributed by atoms with van der Waals surface area (Å²) in [5, 5.41) is 2.80. The van der Waals surface area contributed by atoms with E-state index in [4.69, 9.17) is 14.2 Å². The summed E-state index contributed by atoms with van der Waals surface area (Å²) < 4.78 is 43.4. The summed E-state index contributed by atoms with van der Waals surface area (Å²) in [5.41, 5.74) is 1.56. The Morgan fingerprint density at radius 3 is 2.61 bits per heavy atom. The minimum Gasteiger partial charge on any atom is -0.484 e. The number of aryl methyl sites for hydroxylation is 1. The maximum absolute atomic E-state index is 12.8. The smallest absolute Gasteiger partial charge is 0.258 e. The first-order valence-electron chi connectivity index (χ1n) is 10.3. The third kappa shape index (κ3) is 4.94. The molecule has 0 aliphatic carbocycles. The number of fused-ring (bicyclic) bond motifs is 1. The molecule has 9 heteroatoms. The van der Waals surface area contributed by atoms with Gasteiger partial charge in [0, 0.05) is 19.6 Å². The molecule has 0 atom stereocenters. The number of ether oxygens (including phenoxy) is 3. The van der Waals surface area contributed by atoms with Gasteiger partial charge in [-0.3, -0.25) is 4.79 Å². The van der Waals surface area contributed by atoms with E-state index in [0.29, 0.717) is 42.4 Å². The van der Waals surface area contributed by atoms with Crippen molar-refractivity contribution >= 4 is 15.9 Å². The summed E-state index contributed by atoms with van der Waals surface area (Å²) in [6.07, 6.45) is 2.84. The molecule has 4 rings (SSSR count). The van der Waals surface area contributed by atoms with Gasteiger partial charge in [-0.2, -0.15) is 4.31 Å². The lowest BCUT2D eigenvalue weighted by Crippen LogP contribution is -2.35. The fraction of sp³-hybridized carbons (Fsp3) is 0.409. The van der Waals surface area contributed by atoms with Crippen LogP contribution >= 0.6 is 0 Å². The first-order valence-corrected chi connectivity index (χ1v) is 11.8. The number of nitrogens with zero attached hydrogens (tertiary/aromatic N) is 1. The Balaban J connectivity index is 1.31. The lowest BCUT2D eigenvalue weighted by Gasteiger charge is -2.26. The standard InChI is InChI=1S/C22H26N2O6S/c1-16-11-18(31(26,27)24-9-3-2-4-10-24)6-8-19(16)28-14-22(25)23-13-17-5-7-20-21(12-17)30-15-29-20/h5-8,11-12H,2-4,9-10,13-15H2,1H3,(H,23,25). The average molecular weight is 447 g/mol. The Morgan fingerprint density at radius 1 is 1.06 bits per heavy atom. The van der Waals surface area contributed by atoms with Crippen LogP contribution in [0.2, 0.25) is 0 Å². The Bertz CT molecular complexity index is 1060. The van der Waals surface area contributed by atoms with E-state index in [0.717, 1.165) is 24.8 Å². The molecule has 1 saturated heterocycles. The van der Waals surface area contributed by atoms with Crippen molar-refractivity contribution in [1.29, 1.82) is 0 Å². The molecule has 2 heterocycles. The number of sulfonamides is 1. The molecule has 2 aromatic carbocycles. The van der Waals surface area contributed by atoms with Crippen molar-refractivity contribution in [1.82, 2.24) is 9.62 Å². The molecule has 1 fully saturated rings. The topological polar surface area (TPSA) is 94.2 Å². The second-order valence-corrected chi connectivity index (χ2v) is 9.58. The molecule has 2 aliphatic rings. The SMILES string of the molecule is Cc1cc(S(=O)(=O)N2CCCCC2)ccc1OCC(=O)NCc1ccc2c(c1)OCO2. The van der Waals surface area contributed by atoms with Crippen molar-refractivity contribution in [3.05, 3.63) is 47.5 Å². The number of hydrogen-bond acceptors (Lipinski definition) is 6. The zero-order chi connectivity index (χ0) is 21.8. The van der Waals surface area contributed by atoms with Crippen LogP contribution in [-0.2, 0) is 21.4 Å². The van der Waals surface area contributed by atoms with Crippen LogP contribution in [-0.4, -0.2) is 45.1 Å². The van der Waals surface area contributed by atoms with E-state index in [-0.39, 0.29) is 24.2 Å². The summed E-state index contributed by atoms with van der Waals surface area (Å²) in [6.45, 7) is 3.27. The van der Waals surface area contributed by atoms with Gasteiger partial charge in [-0.15, -0.1) is 0 Å². The van der Waals surface area contributed by atoms with Gasteiger partial charge in [-0.25, -0.2) is 8.42 Å². The van der Waals surface area contributed by atoms with E-state index >= 15 is 0 Å². The minimum atomic E-state index is -3.50. The van der Waals surface area contributed by atoms with Crippen LogP contribution in [0.25, 0.3) is 0 Å². The molecular weight excluding hydrogens is 420 g/mol. The maximum Gasteiger partial charge on any atom is 0.258 e. The van der Waals surface area contributed by atoms with E-state index in [9.17, 15) is 13.2 Å². The van der Waals surface area contributed by atoms with Crippen molar-refractivity contribution in [2.24, 2.45) is 0 Å². The highest BCUT2D eigenvalue weighted by Gasteiger charge is 2.26. The second kappa shape index (κ2) is 9.15. The quantitative estimate of drug-likeness (QED) is 0.703. The zero-order valence-corrected chi connectivity index (χ0v) is 18.2. The van der Waals surface area contributed by atoms with Gasteiger partial charge >= 0.3 is 0 Å². The first kappa shape index (κ1) is 21.5. The number of piperidine rings is 1. The van der Waals surface area contributed by atoms with E-state index < -0.39 is 10.0 Å². The predicted molar refractivity (Wildman–Crippen MR) is 114 cm³/mol. The highest BCUT2D eigenvalue weighted by molar-refractivity contribution is 7.89. The first-order chi connectivity index (χ1) is 14.9. The van der Waals surface area contributed by atoms with E-state index in [1.807, 2.05) is 18.2 Å². The third-order valence-corrected chi connectivity index (χ3v) is 7.28. The molecule has 8 nitrogen and oxygen atoms in total. The molecule has 2 aromatic rings. The molecule has 0 aromatic heterocycles. The fourth-order valence-corrected chi connectivity index (χ4v) is 5.25. The van der Waals surface area contributed by atoms with Gasteiger partial charge < -0.3 is 19.5 Å². The van der Waals surface area contributed by atoms with Gasteiger partial charge in [0.15, 0.2) is 18.1 Å². The minimum absolute atomic E-state index is 0.163. The number of hydrogen-bond donors (Lipinski definition) is 1. The van der Waals surface area contributed by atoms with Crippen LogP contribution in [0.3, 0.4) is 0 Å². The maximum atomic E-state index is 12.8. The summed E-state index contributed by atoms with van der Waals surface area (Å²) >= 11 is 0. The van der Waals surface area contributed by atoms with E-state index in [1.165, 1.54) is 10.4 Å². The van der Waals surface area contributed by atoms with Crippen LogP contribution in [0.15, 0.2) is 41.3 Å². The summed E-state index contributed by atoms with van der Waals surface area (Å²) in [5.74, 6) is 1.57. The molecule has 166 valence electrons. The highest BCUT2D eigenvalue weighted by atomic mass is 32.2. The number of carbonyl (C=O) groups is 1. The molecular formula is C22H26N2O6S. The van der Waals surface area contributed by atoms with E-state index in [1.54, 1.807) is 19.1 Å². The summed E-state index contributed by atoms with van der Waals surface area (Å²) in [4.78, 5) is 12.4. The number of nitrogens with one attached hydrogen (secondary N) is 1. The molecule has 0 spiro atoms. The molecule has 2 aliphatic heterocycles. The van der Waals surface area contributed by atoms with Crippen molar-refractivity contribution in [3.8, 4) is 17.2 Å². The molecule has 0 radical (unpaired) electrons. The lowest BCUT2D eigenvalue weighted by molar-refractivity contribution is -0.123. The van der Waals surface area contributed by atoms with Gasteiger partial charge in [-0.1, -0.05) is 12.5 Å². The van der Waals surface area contributed by atoms with Crippen LogP contribution in [0.5, 0.6) is 17.2 Å². The van der Waals surface area contributed by atoms with Crippen molar-refractivity contribution < 1.29 is 27.4 Å². The number of rotatable bonds is 7. The van der Waals surface area contributed by atoms with Gasteiger partial charge in [0.05, 0.1) is 4.90 Å².